The second-order valence-corrected chi connectivity index (χ2v) is 5.55. The summed E-state index contributed by atoms with van der Waals surface area (Å²) in [4.78, 5) is 34.5. The van der Waals surface area contributed by atoms with Crippen LogP contribution in [0.1, 0.15) is 29.4 Å². The van der Waals surface area contributed by atoms with Crippen LogP contribution in [0.2, 0.25) is 0 Å². The number of ketones is 1. The number of carbonyl (C=O) groups is 2. The lowest BCUT2D eigenvalue weighted by atomic mass is 10.1. The number of thiazole rings is 1. The van der Waals surface area contributed by atoms with E-state index in [0.717, 1.165) is 17.0 Å². The van der Waals surface area contributed by atoms with Gasteiger partial charge in [0.1, 0.15) is 0 Å². The Kier molecular flexibility index (Phi) is 4.70. The van der Waals surface area contributed by atoms with Gasteiger partial charge in [0.25, 0.3) is 0 Å². The summed E-state index contributed by atoms with van der Waals surface area (Å²) in [6.07, 6.45) is 0.228. The van der Waals surface area contributed by atoms with Gasteiger partial charge in [-0.15, -0.1) is 0 Å². The van der Waals surface area contributed by atoms with Crippen LogP contribution in [0.3, 0.4) is 0 Å². The van der Waals surface area contributed by atoms with Gasteiger partial charge < -0.3 is 9.88 Å². The molecule has 0 aliphatic carbocycles. The van der Waals surface area contributed by atoms with Crippen molar-refractivity contribution in [1.82, 2.24) is 4.57 Å². The Morgan fingerprint density at radius 1 is 1.24 bits per heavy atom. The number of Topliss-reactive ketones (excluding diaryl/α,β-unsaturated/α-hetero) is 1. The summed E-state index contributed by atoms with van der Waals surface area (Å²) in [5.41, 5.74) is 2.11. The average Bonchev–Trinajstić information content (AvgIpc) is 2.76. The highest BCUT2D eigenvalue weighted by Gasteiger charge is 2.07. The fourth-order valence-electron chi connectivity index (χ4n) is 1.90. The van der Waals surface area contributed by atoms with E-state index in [1.165, 1.54) is 6.92 Å². The maximum atomic E-state index is 11.9. The second kappa shape index (κ2) is 6.49. The lowest BCUT2D eigenvalue weighted by Crippen LogP contribution is -2.20. The number of nitrogens with one attached hydrogen (secondary N) is 1. The van der Waals surface area contributed by atoms with E-state index >= 15 is 0 Å². The van der Waals surface area contributed by atoms with E-state index in [4.69, 9.17) is 0 Å². The molecule has 0 fully saturated rings. The molecule has 2 rings (SSSR count). The van der Waals surface area contributed by atoms with E-state index in [1.807, 2.05) is 6.92 Å². The number of nitrogens with zero attached hydrogens (tertiary/aromatic N) is 1. The molecule has 0 aliphatic rings. The number of hydrogen-bond acceptors (Lipinski definition) is 4. The van der Waals surface area contributed by atoms with Crippen LogP contribution in [0.15, 0.2) is 34.4 Å². The van der Waals surface area contributed by atoms with E-state index in [1.54, 1.807) is 34.2 Å². The Balaban J connectivity index is 1.93. The maximum Gasteiger partial charge on any atom is 0.307 e. The largest absolute Gasteiger partial charge is 0.326 e. The van der Waals surface area contributed by atoms with Crippen molar-refractivity contribution >= 4 is 28.7 Å². The number of aromatic nitrogens is 1. The highest BCUT2D eigenvalue weighted by Crippen LogP contribution is 2.10. The third kappa shape index (κ3) is 3.88. The minimum atomic E-state index is -0.164. The summed E-state index contributed by atoms with van der Waals surface area (Å²) in [6.45, 7) is 3.70. The molecule has 0 aliphatic heterocycles. The van der Waals surface area contributed by atoms with Crippen LogP contribution in [-0.2, 0) is 11.3 Å². The molecular weight excluding hydrogens is 288 g/mol. The summed E-state index contributed by atoms with van der Waals surface area (Å²) in [5.74, 6) is -0.178. The molecule has 5 nitrogen and oxygen atoms in total. The molecule has 110 valence electrons. The topological polar surface area (TPSA) is 68.2 Å². The predicted molar refractivity (Wildman–Crippen MR) is 83.0 cm³/mol. The van der Waals surface area contributed by atoms with Crippen molar-refractivity contribution in [2.45, 2.75) is 26.8 Å². The summed E-state index contributed by atoms with van der Waals surface area (Å²) in [7, 11) is 0. The number of carbonyl (C=O) groups excluding carboxylic acids is 2. The molecule has 2 aromatic rings. The first-order chi connectivity index (χ1) is 9.97. The second-order valence-electron chi connectivity index (χ2n) is 4.73. The van der Waals surface area contributed by atoms with Crippen LogP contribution in [0, 0.1) is 6.92 Å². The molecular formula is C15H16N2O3S. The molecule has 1 N–H and O–H groups in total. The van der Waals surface area contributed by atoms with Gasteiger partial charge in [-0.2, -0.15) is 0 Å². The van der Waals surface area contributed by atoms with Crippen LogP contribution >= 0.6 is 11.3 Å². The Bertz CT molecular complexity index is 713. The minimum Gasteiger partial charge on any atom is -0.326 e. The van der Waals surface area contributed by atoms with Gasteiger partial charge in [0.05, 0.1) is 0 Å². The van der Waals surface area contributed by atoms with Crippen molar-refractivity contribution in [3.05, 3.63) is 50.6 Å². The van der Waals surface area contributed by atoms with Crippen LogP contribution in [-0.4, -0.2) is 16.3 Å². The Hall–Kier alpha value is -2.21. The summed E-state index contributed by atoms with van der Waals surface area (Å²) < 4.78 is 1.59. The van der Waals surface area contributed by atoms with Crippen molar-refractivity contribution < 1.29 is 9.59 Å². The Labute approximate surface area is 126 Å². The number of anilines is 1. The fourth-order valence-corrected chi connectivity index (χ4v) is 2.66. The monoisotopic (exact) mass is 304 g/mol. The van der Waals surface area contributed by atoms with Crippen molar-refractivity contribution in [1.29, 1.82) is 0 Å². The number of aryl methyl sites for hydroxylation is 1. The van der Waals surface area contributed by atoms with Crippen LogP contribution < -0.4 is 10.2 Å². The lowest BCUT2D eigenvalue weighted by Gasteiger charge is -2.07. The van der Waals surface area contributed by atoms with Crippen molar-refractivity contribution in [3.63, 3.8) is 0 Å². The zero-order valence-electron chi connectivity index (χ0n) is 11.9. The molecule has 0 bridgehead atoms. The number of benzene rings is 1. The SMILES string of the molecule is CC(=O)c1ccc(NC(=O)CCn2c(C)csc2=O)cc1. The summed E-state index contributed by atoms with van der Waals surface area (Å²) in [5, 5.41) is 4.53. The van der Waals surface area contributed by atoms with Crippen molar-refractivity contribution in [2.24, 2.45) is 0 Å². The minimum absolute atomic E-state index is 0.0137. The maximum absolute atomic E-state index is 11.9. The molecule has 1 aromatic heterocycles. The standard InChI is InChI=1S/C15H16N2O3S/c1-10-9-21-15(20)17(10)8-7-14(19)16-13-5-3-12(4-6-13)11(2)18/h3-6,9H,7-8H2,1-2H3,(H,16,19). The van der Waals surface area contributed by atoms with Gasteiger partial charge in [-0.05, 0) is 38.1 Å². The number of rotatable bonds is 5. The van der Waals surface area contributed by atoms with Gasteiger partial charge in [0.15, 0.2) is 5.78 Å². The molecule has 1 aromatic carbocycles. The van der Waals surface area contributed by atoms with Crippen LogP contribution in [0.5, 0.6) is 0 Å². The molecule has 6 heteroatoms. The Morgan fingerprint density at radius 2 is 1.90 bits per heavy atom. The molecule has 0 spiro atoms. The molecule has 0 saturated carbocycles. The third-order valence-electron chi connectivity index (χ3n) is 3.11. The predicted octanol–water partition coefficient (Wildman–Crippen LogP) is 2.45. The molecule has 1 amide bonds. The van der Waals surface area contributed by atoms with Gasteiger partial charge in [0, 0.05) is 35.3 Å². The highest BCUT2D eigenvalue weighted by atomic mass is 32.1. The zero-order valence-corrected chi connectivity index (χ0v) is 12.7. The lowest BCUT2D eigenvalue weighted by molar-refractivity contribution is -0.116. The quantitative estimate of drug-likeness (QED) is 0.863. The highest BCUT2D eigenvalue weighted by molar-refractivity contribution is 7.07. The van der Waals surface area contributed by atoms with Crippen molar-refractivity contribution in [3.8, 4) is 0 Å². The van der Waals surface area contributed by atoms with Gasteiger partial charge in [-0.1, -0.05) is 11.3 Å². The molecule has 1 heterocycles. The first-order valence-electron chi connectivity index (χ1n) is 6.53. The van der Waals surface area contributed by atoms with Crippen molar-refractivity contribution in [2.75, 3.05) is 5.32 Å². The molecule has 0 radical (unpaired) electrons. The average molecular weight is 304 g/mol. The Morgan fingerprint density at radius 3 is 2.43 bits per heavy atom. The first-order valence-corrected chi connectivity index (χ1v) is 7.41. The van der Waals surface area contributed by atoms with E-state index in [9.17, 15) is 14.4 Å². The van der Waals surface area contributed by atoms with E-state index in [2.05, 4.69) is 5.32 Å². The van der Waals surface area contributed by atoms with E-state index in [-0.39, 0.29) is 23.0 Å². The van der Waals surface area contributed by atoms with Gasteiger partial charge >= 0.3 is 4.87 Å². The molecule has 0 unspecified atom stereocenters. The van der Waals surface area contributed by atoms with Crippen LogP contribution in [0.4, 0.5) is 5.69 Å². The number of hydrogen-bond donors (Lipinski definition) is 1. The molecule has 21 heavy (non-hydrogen) atoms. The molecule has 0 atom stereocenters. The van der Waals surface area contributed by atoms with Crippen LogP contribution in [0.25, 0.3) is 0 Å². The third-order valence-corrected chi connectivity index (χ3v) is 4.00. The van der Waals surface area contributed by atoms with E-state index < -0.39 is 0 Å². The number of amides is 1. The summed E-state index contributed by atoms with van der Waals surface area (Å²) in [6, 6.07) is 6.73. The van der Waals surface area contributed by atoms with Gasteiger partial charge in [-0.25, -0.2) is 0 Å². The first kappa shape index (κ1) is 15.2. The summed E-state index contributed by atoms with van der Waals surface area (Å²) >= 11 is 1.13. The molecule has 0 saturated heterocycles. The van der Waals surface area contributed by atoms with Gasteiger partial charge in [0.2, 0.25) is 5.91 Å². The van der Waals surface area contributed by atoms with Gasteiger partial charge in [-0.3, -0.25) is 14.4 Å². The van der Waals surface area contributed by atoms with E-state index in [0.29, 0.717) is 17.8 Å². The smallest absolute Gasteiger partial charge is 0.307 e. The zero-order chi connectivity index (χ0) is 15.4. The normalized spacial score (nSPS) is 10.4. The fraction of sp³-hybridized carbons (Fsp3) is 0.267.